The summed E-state index contributed by atoms with van der Waals surface area (Å²) >= 11 is 3.37. The fourth-order valence-electron chi connectivity index (χ4n) is 1.38. The van der Waals surface area contributed by atoms with E-state index in [9.17, 15) is 0 Å². The van der Waals surface area contributed by atoms with Gasteiger partial charge in [0, 0.05) is 4.47 Å². The molecule has 2 aromatic carbocycles. The fourth-order valence-corrected chi connectivity index (χ4v) is 1.73. The molecule has 0 aromatic heterocycles. The van der Waals surface area contributed by atoms with Crippen LogP contribution >= 0.6 is 15.9 Å². The molecular formula is C13H12BrNO. The lowest BCUT2D eigenvalue weighted by molar-refractivity contribution is 0.308. The van der Waals surface area contributed by atoms with Crippen molar-refractivity contribution < 1.29 is 4.74 Å². The fraction of sp³-hybridized carbons (Fsp3) is 0.0769. The van der Waals surface area contributed by atoms with Crippen LogP contribution < -0.4 is 10.5 Å². The van der Waals surface area contributed by atoms with Crippen LogP contribution in [-0.4, -0.2) is 0 Å². The molecule has 0 aliphatic rings. The minimum Gasteiger partial charge on any atom is -0.487 e. The molecule has 0 radical (unpaired) electrons. The summed E-state index contributed by atoms with van der Waals surface area (Å²) in [6, 6.07) is 15.7. The van der Waals surface area contributed by atoms with Gasteiger partial charge in [0.25, 0.3) is 0 Å². The van der Waals surface area contributed by atoms with E-state index in [1.54, 1.807) is 0 Å². The van der Waals surface area contributed by atoms with E-state index in [0.717, 1.165) is 10.0 Å². The number of hydrogen-bond donors (Lipinski definition) is 1. The van der Waals surface area contributed by atoms with Crippen molar-refractivity contribution in [3.05, 3.63) is 58.6 Å². The number of nitrogens with two attached hydrogens (primary N) is 1. The molecule has 0 spiro atoms. The number of nitrogen functional groups attached to an aromatic ring is 1. The molecule has 2 rings (SSSR count). The first-order chi connectivity index (χ1) is 7.77. The van der Waals surface area contributed by atoms with Gasteiger partial charge in [0.2, 0.25) is 0 Å². The van der Waals surface area contributed by atoms with Crippen molar-refractivity contribution in [2.45, 2.75) is 6.61 Å². The summed E-state index contributed by atoms with van der Waals surface area (Å²) in [5, 5.41) is 0. The van der Waals surface area contributed by atoms with Crippen molar-refractivity contribution in [2.75, 3.05) is 5.73 Å². The maximum Gasteiger partial charge on any atom is 0.143 e. The summed E-state index contributed by atoms with van der Waals surface area (Å²) in [7, 11) is 0. The summed E-state index contributed by atoms with van der Waals surface area (Å²) in [6.07, 6.45) is 0. The molecule has 3 heteroatoms. The zero-order valence-corrected chi connectivity index (χ0v) is 10.3. The van der Waals surface area contributed by atoms with E-state index in [-0.39, 0.29) is 0 Å². The number of halogens is 1. The van der Waals surface area contributed by atoms with Crippen LogP contribution in [0.2, 0.25) is 0 Å². The number of benzene rings is 2. The van der Waals surface area contributed by atoms with Crippen LogP contribution in [0.4, 0.5) is 5.69 Å². The summed E-state index contributed by atoms with van der Waals surface area (Å²) in [5.74, 6) is 0.707. The minimum absolute atomic E-state index is 0.529. The SMILES string of the molecule is Nc1c(Br)cccc1OCc1ccccc1. The van der Waals surface area contributed by atoms with Crippen molar-refractivity contribution in [3.63, 3.8) is 0 Å². The second kappa shape index (κ2) is 5.03. The van der Waals surface area contributed by atoms with Crippen LogP contribution in [0.1, 0.15) is 5.56 Å². The predicted octanol–water partition coefficient (Wildman–Crippen LogP) is 3.61. The van der Waals surface area contributed by atoms with E-state index in [2.05, 4.69) is 15.9 Å². The number of anilines is 1. The Balaban J connectivity index is 2.08. The Hall–Kier alpha value is -1.48. The third-order valence-corrected chi connectivity index (χ3v) is 2.94. The summed E-state index contributed by atoms with van der Waals surface area (Å²) < 4.78 is 6.51. The Kier molecular flexibility index (Phi) is 3.47. The van der Waals surface area contributed by atoms with Crippen molar-refractivity contribution in [2.24, 2.45) is 0 Å². The lowest BCUT2D eigenvalue weighted by Gasteiger charge is -2.09. The molecule has 0 fully saturated rings. The van der Waals surface area contributed by atoms with Gasteiger partial charge in [-0.05, 0) is 33.6 Å². The highest BCUT2D eigenvalue weighted by Gasteiger charge is 2.03. The van der Waals surface area contributed by atoms with Gasteiger partial charge in [-0.15, -0.1) is 0 Å². The van der Waals surface area contributed by atoms with Crippen LogP contribution in [0, 0.1) is 0 Å². The van der Waals surface area contributed by atoms with Crippen molar-refractivity contribution >= 4 is 21.6 Å². The summed E-state index contributed by atoms with van der Waals surface area (Å²) in [6.45, 7) is 0.529. The average Bonchev–Trinajstić information content (AvgIpc) is 2.32. The van der Waals surface area contributed by atoms with Gasteiger partial charge in [-0.25, -0.2) is 0 Å². The topological polar surface area (TPSA) is 35.2 Å². The maximum atomic E-state index is 5.87. The summed E-state index contributed by atoms with van der Waals surface area (Å²) in [5.41, 5.74) is 7.64. The minimum atomic E-state index is 0.529. The van der Waals surface area contributed by atoms with Gasteiger partial charge in [-0.2, -0.15) is 0 Å². The Labute approximate surface area is 103 Å². The molecule has 0 bridgehead atoms. The molecule has 82 valence electrons. The molecule has 0 saturated heterocycles. The van der Waals surface area contributed by atoms with Crippen LogP contribution in [0.5, 0.6) is 5.75 Å². The highest BCUT2D eigenvalue weighted by atomic mass is 79.9. The van der Waals surface area contributed by atoms with Crippen LogP contribution in [-0.2, 0) is 6.61 Å². The second-order valence-corrected chi connectivity index (χ2v) is 4.28. The molecule has 0 aliphatic carbocycles. The van der Waals surface area contributed by atoms with Gasteiger partial charge in [-0.1, -0.05) is 36.4 Å². The molecule has 0 unspecified atom stereocenters. The van der Waals surface area contributed by atoms with E-state index < -0.39 is 0 Å². The predicted molar refractivity (Wildman–Crippen MR) is 69.3 cm³/mol. The van der Waals surface area contributed by atoms with E-state index in [1.165, 1.54) is 0 Å². The second-order valence-electron chi connectivity index (χ2n) is 3.43. The highest BCUT2D eigenvalue weighted by molar-refractivity contribution is 9.10. The Morgan fingerprint density at radius 2 is 1.75 bits per heavy atom. The maximum absolute atomic E-state index is 5.87. The Morgan fingerprint density at radius 3 is 2.50 bits per heavy atom. The summed E-state index contributed by atoms with van der Waals surface area (Å²) in [4.78, 5) is 0. The molecule has 2 N–H and O–H groups in total. The van der Waals surface area contributed by atoms with E-state index in [1.807, 2.05) is 48.5 Å². The standard InChI is InChI=1S/C13H12BrNO/c14-11-7-4-8-12(13(11)15)16-9-10-5-2-1-3-6-10/h1-8H,9,15H2. The first-order valence-corrected chi connectivity index (χ1v) is 5.77. The van der Waals surface area contributed by atoms with Crippen molar-refractivity contribution in [3.8, 4) is 5.75 Å². The van der Waals surface area contributed by atoms with Crippen LogP contribution in [0.3, 0.4) is 0 Å². The molecule has 0 amide bonds. The third kappa shape index (κ3) is 2.55. The van der Waals surface area contributed by atoms with Crippen LogP contribution in [0.15, 0.2) is 53.0 Å². The van der Waals surface area contributed by atoms with Gasteiger partial charge in [0.15, 0.2) is 0 Å². The van der Waals surface area contributed by atoms with Gasteiger partial charge in [0.1, 0.15) is 12.4 Å². The van der Waals surface area contributed by atoms with E-state index in [4.69, 9.17) is 10.5 Å². The van der Waals surface area contributed by atoms with Gasteiger partial charge in [-0.3, -0.25) is 0 Å². The number of hydrogen-bond acceptors (Lipinski definition) is 2. The number of para-hydroxylation sites is 1. The first-order valence-electron chi connectivity index (χ1n) is 4.98. The number of rotatable bonds is 3. The van der Waals surface area contributed by atoms with Crippen molar-refractivity contribution in [1.82, 2.24) is 0 Å². The first kappa shape index (κ1) is 11.0. The van der Waals surface area contributed by atoms with Gasteiger partial charge >= 0.3 is 0 Å². The Morgan fingerprint density at radius 1 is 1.00 bits per heavy atom. The molecule has 2 nitrogen and oxygen atoms in total. The van der Waals surface area contributed by atoms with Crippen molar-refractivity contribution in [1.29, 1.82) is 0 Å². The molecular weight excluding hydrogens is 266 g/mol. The lowest BCUT2D eigenvalue weighted by Crippen LogP contribution is -1.98. The third-order valence-electron chi connectivity index (χ3n) is 2.25. The zero-order valence-electron chi connectivity index (χ0n) is 8.69. The zero-order chi connectivity index (χ0) is 11.4. The average molecular weight is 278 g/mol. The smallest absolute Gasteiger partial charge is 0.143 e. The lowest BCUT2D eigenvalue weighted by atomic mass is 10.2. The number of ether oxygens (including phenoxy) is 1. The van der Waals surface area contributed by atoms with Crippen LogP contribution in [0.25, 0.3) is 0 Å². The Bertz CT molecular complexity index is 471. The largest absolute Gasteiger partial charge is 0.487 e. The van der Waals surface area contributed by atoms with E-state index in [0.29, 0.717) is 18.0 Å². The molecule has 0 atom stereocenters. The monoisotopic (exact) mass is 277 g/mol. The van der Waals surface area contributed by atoms with Gasteiger partial charge < -0.3 is 10.5 Å². The van der Waals surface area contributed by atoms with Gasteiger partial charge in [0.05, 0.1) is 5.69 Å². The highest BCUT2D eigenvalue weighted by Crippen LogP contribution is 2.29. The molecule has 0 heterocycles. The molecule has 2 aromatic rings. The molecule has 0 saturated carbocycles. The molecule has 0 aliphatic heterocycles. The normalized spacial score (nSPS) is 10.1. The molecule has 16 heavy (non-hydrogen) atoms. The van der Waals surface area contributed by atoms with E-state index >= 15 is 0 Å². The quantitative estimate of drug-likeness (QED) is 0.870.